The maximum absolute atomic E-state index is 12.2. The normalized spacial score (nSPS) is 25.4. The number of carbonyl (C=O) groups excluding carboxylic acids is 1. The van der Waals surface area contributed by atoms with Crippen LogP contribution in [0.2, 0.25) is 0 Å². The Balaban J connectivity index is 1.88. The summed E-state index contributed by atoms with van der Waals surface area (Å²) in [4.78, 5) is 26.7. The molecule has 2 saturated heterocycles. The number of nitrogens with zero attached hydrogens (tertiary/aromatic N) is 2. The molecule has 20 heavy (non-hydrogen) atoms. The fraction of sp³-hybridized carbons (Fsp3) is 0.846. The van der Waals surface area contributed by atoms with Crippen LogP contribution in [-0.4, -0.2) is 78.9 Å². The zero-order valence-electron chi connectivity index (χ0n) is 11.9. The molecule has 0 bridgehead atoms. The van der Waals surface area contributed by atoms with E-state index in [0.29, 0.717) is 12.6 Å². The molecule has 0 aliphatic carbocycles. The minimum Gasteiger partial charge on any atom is -0.480 e. The van der Waals surface area contributed by atoms with Crippen molar-refractivity contribution in [1.29, 1.82) is 0 Å². The Hall–Kier alpha value is -1.34. The van der Waals surface area contributed by atoms with Crippen molar-refractivity contribution in [3.8, 4) is 0 Å². The van der Waals surface area contributed by atoms with Crippen molar-refractivity contribution in [3.63, 3.8) is 0 Å². The molecular formula is C13H23N3O4. The fourth-order valence-electron chi connectivity index (χ4n) is 3.12. The van der Waals surface area contributed by atoms with Gasteiger partial charge in [-0.2, -0.15) is 0 Å². The van der Waals surface area contributed by atoms with Gasteiger partial charge in [-0.1, -0.05) is 0 Å². The number of urea groups is 1. The van der Waals surface area contributed by atoms with E-state index in [2.05, 4.69) is 10.2 Å². The summed E-state index contributed by atoms with van der Waals surface area (Å²) in [5.74, 6) is -1.01. The number of hydrogen-bond acceptors (Lipinski definition) is 4. The van der Waals surface area contributed by atoms with Crippen LogP contribution in [0, 0.1) is 0 Å². The number of ether oxygens (including phenoxy) is 1. The summed E-state index contributed by atoms with van der Waals surface area (Å²) in [5, 5.41) is 11.9. The molecular weight excluding hydrogens is 262 g/mol. The van der Waals surface area contributed by atoms with Crippen LogP contribution in [0.25, 0.3) is 0 Å². The molecule has 2 fully saturated rings. The van der Waals surface area contributed by atoms with Crippen LogP contribution in [0.3, 0.4) is 0 Å². The SMILES string of the molecule is COCCN(CC(=O)O)C(=O)NC1CCN2CCCC12. The van der Waals surface area contributed by atoms with E-state index in [1.807, 2.05) is 0 Å². The summed E-state index contributed by atoms with van der Waals surface area (Å²) in [7, 11) is 1.53. The molecule has 2 heterocycles. The fourth-order valence-corrected chi connectivity index (χ4v) is 3.12. The van der Waals surface area contributed by atoms with Gasteiger partial charge in [0.05, 0.1) is 6.61 Å². The summed E-state index contributed by atoms with van der Waals surface area (Å²) >= 11 is 0. The lowest BCUT2D eigenvalue weighted by molar-refractivity contribution is -0.137. The van der Waals surface area contributed by atoms with Crippen LogP contribution in [0.15, 0.2) is 0 Å². The predicted octanol–water partition coefficient (Wildman–Crippen LogP) is -0.0343. The van der Waals surface area contributed by atoms with Gasteiger partial charge in [0.1, 0.15) is 6.54 Å². The Morgan fingerprint density at radius 1 is 1.40 bits per heavy atom. The molecule has 2 aliphatic rings. The van der Waals surface area contributed by atoms with E-state index in [-0.39, 0.29) is 25.2 Å². The van der Waals surface area contributed by atoms with E-state index >= 15 is 0 Å². The van der Waals surface area contributed by atoms with Crippen LogP contribution >= 0.6 is 0 Å². The zero-order valence-corrected chi connectivity index (χ0v) is 11.9. The van der Waals surface area contributed by atoms with E-state index in [9.17, 15) is 9.59 Å². The summed E-state index contributed by atoms with van der Waals surface area (Å²) in [6, 6.07) is 0.264. The highest BCUT2D eigenvalue weighted by molar-refractivity contribution is 5.80. The third-order valence-electron chi connectivity index (χ3n) is 4.09. The number of nitrogens with one attached hydrogen (secondary N) is 1. The summed E-state index contributed by atoms with van der Waals surface area (Å²) < 4.78 is 4.92. The Labute approximate surface area is 118 Å². The smallest absolute Gasteiger partial charge is 0.323 e. The van der Waals surface area contributed by atoms with Gasteiger partial charge in [-0.05, 0) is 25.8 Å². The van der Waals surface area contributed by atoms with E-state index in [1.165, 1.54) is 18.4 Å². The van der Waals surface area contributed by atoms with E-state index in [1.54, 1.807) is 0 Å². The van der Waals surface area contributed by atoms with Crippen LogP contribution in [0.1, 0.15) is 19.3 Å². The van der Waals surface area contributed by atoms with Gasteiger partial charge >= 0.3 is 12.0 Å². The van der Waals surface area contributed by atoms with Gasteiger partial charge < -0.3 is 20.1 Å². The van der Waals surface area contributed by atoms with Crippen LogP contribution < -0.4 is 5.32 Å². The van der Waals surface area contributed by atoms with Crippen molar-refractivity contribution in [2.75, 3.05) is 39.9 Å². The van der Waals surface area contributed by atoms with Gasteiger partial charge in [-0.15, -0.1) is 0 Å². The average Bonchev–Trinajstić information content (AvgIpc) is 2.99. The molecule has 0 aromatic carbocycles. The van der Waals surface area contributed by atoms with Crippen molar-refractivity contribution < 1.29 is 19.4 Å². The van der Waals surface area contributed by atoms with E-state index in [0.717, 1.165) is 25.9 Å². The topological polar surface area (TPSA) is 82.1 Å². The van der Waals surface area contributed by atoms with E-state index < -0.39 is 5.97 Å². The first kappa shape index (κ1) is 15.1. The Morgan fingerprint density at radius 2 is 2.20 bits per heavy atom. The van der Waals surface area contributed by atoms with Crippen molar-refractivity contribution in [1.82, 2.24) is 15.1 Å². The highest BCUT2D eigenvalue weighted by atomic mass is 16.5. The predicted molar refractivity (Wildman–Crippen MR) is 72.6 cm³/mol. The number of carboxylic acid groups (broad SMARTS) is 1. The standard InChI is InChI=1S/C13H23N3O4/c1-20-8-7-16(9-12(17)18)13(19)14-10-4-6-15-5-2-3-11(10)15/h10-11H,2-9H2,1H3,(H,14,19)(H,17,18). The molecule has 0 radical (unpaired) electrons. The Bertz CT molecular complexity index is 364. The second-order valence-corrected chi connectivity index (χ2v) is 5.40. The molecule has 2 unspecified atom stereocenters. The van der Waals surface area contributed by atoms with Crippen molar-refractivity contribution >= 4 is 12.0 Å². The number of amides is 2. The van der Waals surface area contributed by atoms with Crippen LogP contribution in [-0.2, 0) is 9.53 Å². The van der Waals surface area contributed by atoms with Crippen LogP contribution in [0.4, 0.5) is 4.79 Å². The Morgan fingerprint density at radius 3 is 2.90 bits per heavy atom. The first-order valence-electron chi connectivity index (χ1n) is 7.12. The molecule has 114 valence electrons. The number of carboxylic acids is 1. The minimum absolute atomic E-state index is 0.142. The van der Waals surface area contributed by atoms with Crippen LogP contribution in [0.5, 0.6) is 0 Å². The molecule has 0 aromatic rings. The lowest BCUT2D eigenvalue weighted by atomic mass is 10.1. The number of hydrogen-bond donors (Lipinski definition) is 2. The summed E-state index contributed by atoms with van der Waals surface area (Å²) in [6.45, 7) is 2.46. The van der Waals surface area contributed by atoms with Crippen molar-refractivity contribution in [3.05, 3.63) is 0 Å². The highest BCUT2D eigenvalue weighted by Gasteiger charge is 2.38. The zero-order chi connectivity index (χ0) is 14.5. The maximum Gasteiger partial charge on any atom is 0.323 e. The molecule has 7 heteroatoms. The van der Waals surface area contributed by atoms with Gasteiger partial charge in [0, 0.05) is 32.3 Å². The first-order valence-corrected chi connectivity index (χ1v) is 7.12. The number of methoxy groups -OCH3 is 1. The molecule has 0 aromatic heterocycles. The maximum atomic E-state index is 12.2. The average molecular weight is 285 g/mol. The van der Waals surface area contributed by atoms with Gasteiger partial charge in [0.2, 0.25) is 0 Å². The van der Waals surface area contributed by atoms with Gasteiger partial charge in [0.25, 0.3) is 0 Å². The lowest BCUT2D eigenvalue weighted by Gasteiger charge is -2.26. The monoisotopic (exact) mass is 285 g/mol. The third-order valence-corrected chi connectivity index (χ3v) is 4.09. The molecule has 0 saturated carbocycles. The van der Waals surface area contributed by atoms with E-state index in [4.69, 9.17) is 9.84 Å². The molecule has 2 rings (SSSR count). The highest BCUT2D eigenvalue weighted by Crippen LogP contribution is 2.27. The number of aliphatic carboxylic acids is 1. The second-order valence-electron chi connectivity index (χ2n) is 5.40. The molecule has 7 nitrogen and oxygen atoms in total. The lowest BCUT2D eigenvalue weighted by Crippen LogP contribution is -2.50. The molecule has 2 N–H and O–H groups in total. The third kappa shape index (κ3) is 3.61. The molecule has 2 atom stereocenters. The second kappa shape index (κ2) is 6.90. The number of fused-ring (bicyclic) bond motifs is 1. The van der Waals surface area contributed by atoms with Crippen molar-refractivity contribution in [2.45, 2.75) is 31.3 Å². The minimum atomic E-state index is -1.01. The molecule has 2 amide bonds. The Kier molecular flexibility index (Phi) is 5.19. The first-order chi connectivity index (χ1) is 9.61. The van der Waals surface area contributed by atoms with Gasteiger partial charge in [-0.3, -0.25) is 9.69 Å². The van der Waals surface area contributed by atoms with Gasteiger partial charge in [0.15, 0.2) is 0 Å². The molecule has 0 spiro atoms. The molecule has 2 aliphatic heterocycles. The number of carbonyl (C=O) groups is 2. The summed E-state index contributed by atoms with van der Waals surface area (Å²) in [5.41, 5.74) is 0. The largest absolute Gasteiger partial charge is 0.480 e. The van der Waals surface area contributed by atoms with Gasteiger partial charge in [-0.25, -0.2) is 4.79 Å². The number of rotatable bonds is 6. The van der Waals surface area contributed by atoms with Crippen molar-refractivity contribution in [2.24, 2.45) is 0 Å². The quantitative estimate of drug-likeness (QED) is 0.716. The summed E-state index contributed by atoms with van der Waals surface area (Å²) in [6.07, 6.45) is 3.24.